The molecule has 0 fully saturated rings. The van der Waals surface area contributed by atoms with Crippen LogP contribution < -0.4 is 20.1 Å². The van der Waals surface area contributed by atoms with Gasteiger partial charge in [0.25, 0.3) is 0 Å². The molecule has 1 amide bonds. The normalized spacial score (nSPS) is 12.6. The van der Waals surface area contributed by atoms with Gasteiger partial charge in [-0.25, -0.2) is 13.2 Å². The molecule has 0 aliphatic heterocycles. The van der Waals surface area contributed by atoms with Crippen LogP contribution in [0.4, 0.5) is 4.79 Å². The van der Waals surface area contributed by atoms with Gasteiger partial charge in [-0.15, -0.1) is 0 Å². The number of nitrogens with one attached hydrogen (secondary N) is 4. The standard InChI is InChI=1S/C21H34N4O7S/c1-12-11-16(31-7)13(2)14(3)17(12)33(29,30)25-15(18(26)27)9-8-10-23-19(22)24-20(28)32-21(4,5)6/h11,15,25H,8-10H2,1-7H3,(H,26,27)(H3,22,23,24,28)/t15-/m0/s1. The number of amides is 1. The summed E-state index contributed by atoms with van der Waals surface area (Å²) in [5.74, 6) is -1.08. The minimum Gasteiger partial charge on any atom is -0.496 e. The topological polar surface area (TPSA) is 167 Å². The highest BCUT2D eigenvalue weighted by molar-refractivity contribution is 7.89. The Hall–Kier alpha value is -2.86. The summed E-state index contributed by atoms with van der Waals surface area (Å²) in [6.45, 7) is 10.2. The van der Waals surface area contributed by atoms with E-state index in [-0.39, 0.29) is 30.2 Å². The highest BCUT2D eigenvalue weighted by atomic mass is 32.2. The lowest BCUT2D eigenvalue weighted by Crippen LogP contribution is -2.44. The number of aryl methyl sites for hydroxylation is 1. The minimum atomic E-state index is -4.12. The number of aliphatic carboxylic acids is 1. The van der Waals surface area contributed by atoms with Crippen molar-refractivity contribution < 1.29 is 32.6 Å². The molecule has 0 radical (unpaired) electrons. The van der Waals surface area contributed by atoms with Crippen molar-refractivity contribution in [1.29, 1.82) is 5.41 Å². The molecular weight excluding hydrogens is 452 g/mol. The Bertz CT molecular complexity index is 1000. The largest absolute Gasteiger partial charge is 0.496 e. The predicted octanol–water partition coefficient (Wildman–Crippen LogP) is 2.18. The number of benzene rings is 1. The fourth-order valence-corrected chi connectivity index (χ4v) is 4.85. The lowest BCUT2D eigenvalue weighted by atomic mass is 10.1. The van der Waals surface area contributed by atoms with Crippen molar-refractivity contribution in [3.8, 4) is 5.75 Å². The Balaban J connectivity index is 2.77. The van der Waals surface area contributed by atoms with Gasteiger partial charge in [-0.1, -0.05) is 0 Å². The molecule has 1 rings (SSSR count). The number of alkyl carbamates (subject to hydrolysis) is 1. The van der Waals surface area contributed by atoms with Gasteiger partial charge in [-0.05, 0) is 77.1 Å². The van der Waals surface area contributed by atoms with Gasteiger partial charge in [-0.2, -0.15) is 4.72 Å². The van der Waals surface area contributed by atoms with Gasteiger partial charge >= 0.3 is 12.1 Å². The third-order valence-electron chi connectivity index (χ3n) is 4.66. The van der Waals surface area contributed by atoms with Crippen LogP contribution in [-0.2, 0) is 19.6 Å². The van der Waals surface area contributed by atoms with Crippen molar-refractivity contribution in [3.05, 3.63) is 22.8 Å². The molecule has 11 nitrogen and oxygen atoms in total. The van der Waals surface area contributed by atoms with Gasteiger partial charge < -0.3 is 19.9 Å². The maximum Gasteiger partial charge on any atom is 0.414 e. The molecule has 0 bridgehead atoms. The molecule has 0 saturated heterocycles. The van der Waals surface area contributed by atoms with Crippen LogP contribution in [0.1, 0.15) is 50.3 Å². The van der Waals surface area contributed by atoms with E-state index >= 15 is 0 Å². The van der Waals surface area contributed by atoms with E-state index < -0.39 is 33.7 Å². The molecule has 33 heavy (non-hydrogen) atoms. The summed E-state index contributed by atoms with van der Waals surface area (Å²) in [6, 6.07) is 0.228. The predicted molar refractivity (Wildman–Crippen MR) is 123 cm³/mol. The molecule has 0 heterocycles. The molecule has 1 aromatic carbocycles. The van der Waals surface area contributed by atoms with Gasteiger partial charge in [0.15, 0.2) is 5.96 Å². The van der Waals surface area contributed by atoms with E-state index in [1.54, 1.807) is 47.6 Å². The maximum atomic E-state index is 13.0. The summed E-state index contributed by atoms with van der Waals surface area (Å²) in [5, 5.41) is 22.0. The number of carboxylic acid groups (broad SMARTS) is 1. The number of carboxylic acids is 1. The second kappa shape index (κ2) is 11.3. The van der Waals surface area contributed by atoms with Gasteiger partial charge in [-0.3, -0.25) is 15.5 Å². The van der Waals surface area contributed by atoms with Crippen LogP contribution in [0.2, 0.25) is 0 Å². The van der Waals surface area contributed by atoms with Gasteiger partial charge in [0.2, 0.25) is 10.0 Å². The van der Waals surface area contributed by atoms with Gasteiger partial charge in [0, 0.05) is 6.54 Å². The van der Waals surface area contributed by atoms with E-state index in [0.717, 1.165) is 0 Å². The number of ether oxygens (including phenoxy) is 2. The van der Waals surface area contributed by atoms with E-state index in [9.17, 15) is 23.1 Å². The van der Waals surface area contributed by atoms with E-state index in [1.165, 1.54) is 7.11 Å². The lowest BCUT2D eigenvalue weighted by molar-refractivity contribution is -0.139. The summed E-state index contributed by atoms with van der Waals surface area (Å²) in [4.78, 5) is 23.3. The first-order valence-corrected chi connectivity index (χ1v) is 11.8. The Labute approximate surface area is 194 Å². The maximum absolute atomic E-state index is 13.0. The highest BCUT2D eigenvalue weighted by Crippen LogP contribution is 2.30. The smallest absolute Gasteiger partial charge is 0.414 e. The molecular formula is C21H34N4O7S. The Morgan fingerprint density at radius 3 is 2.30 bits per heavy atom. The summed E-state index contributed by atoms with van der Waals surface area (Å²) < 4.78 is 38.5. The molecule has 0 saturated carbocycles. The number of guanidine groups is 1. The van der Waals surface area contributed by atoms with E-state index in [0.29, 0.717) is 22.4 Å². The zero-order valence-corrected chi connectivity index (χ0v) is 20.9. The van der Waals surface area contributed by atoms with Crippen molar-refractivity contribution in [2.24, 2.45) is 0 Å². The highest BCUT2D eigenvalue weighted by Gasteiger charge is 2.29. The quantitative estimate of drug-likeness (QED) is 0.201. The molecule has 186 valence electrons. The van der Waals surface area contributed by atoms with Crippen LogP contribution in [-0.4, -0.2) is 56.8 Å². The van der Waals surface area contributed by atoms with Crippen molar-refractivity contribution in [2.75, 3.05) is 13.7 Å². The zero-order chi connectivity index (χ0) is 25.6. The third-order valence-corrected chi connectivity index (χ3v) is 6.42. The average molecular weight is 487 g/mol. The first-order chi connectivity index (χ1) is 15.1. The molecule has 0 aliphatic rings. The third kappa shape index (κ3) is 8.54. The van der Waals surface area contributed by atoms with Crippen LogP contribution in [0.5, 0.6) is 5.75 Å². The molecule has 0 spiro atoms. The summed E-state index contributed by atoms with van der Waals surface area (Å²) in [5.41, 5.74) is 0.854. The van der Waals surface area contributed by atoms with Crippen LogP contribution in [0.3, 0.4) is 0 Å². The number of carbonyl (C=O) groups is 2. The van der Waals surface area contributed by atoms with Crippen molar-refractivity contribution in [1.82, 2.24) is 15.4 Å². The molecule has 1 aromatic rings. The van der Waals surface area contributed by atoms with Gasteiger partial charge in [0.05, 0.1) is 12.0 Å². The number of rotatable bonds is 9. The summed E-state index contributed by atoms with van der Waals surface area (Å²) in [7, 11) is -2.63. The van der Waals surface area contributed by atoms with Crippen LogP contribution >= 0.6 is 0 Å². The number of carbonyl (C=O) groups excluding carboxylic acids is 1. The molecule has 0 unspecified atom stereocenters. The second-order valence-corrected chi connectivity index (χ2v) is 10.2. The number of hydrogen-bond acceptors (Lipinski definition) is 7. The monoisotopic (exact) mass is 486 g/mol. The number of methoxy groups -OCH3 is 1. The van der Waals surface area contributed by atoms with Crippen LogP contribution in [0.25, 0.3) is 0 Å². The van der Waals surface area contributed by atoms with Crippen molar-refractivity contribution in [3.63, 3.8) is 0 Å². The van der Waals surface area contributed by atoms with Crippen molar-refractivity contribution in [2.45, 2.75) is 70.9 Å². The van der Waals surface area contributed by atoms with Gasteiger partial charge in [0.1, 0.15) is 17.4 Å². The van der Waals surface area contributed by atoms with Crippen LogP contribution in [0, 0.1) is 26.2 Å². The fourth-order valence-electron chi connectivity index (χ4n) is 3.10. The molecule has 12 heteroatoms. The van der Waals surface area contributed by atoms with E-state index in [1.807, 2.05) is 0 Å². The number of sulfonamides is 1. The lowest BCUT2D eigenvalue weighted by Gasteiger charge is -2.20. The number of hydrogen-bond donors (Lipinski definition) is 5. The Morgan fingerprint density at radius 1 is 1.18 bits per heavy atom. The minimum absolute atomic E-state index is 0.0218. The zero-order valence-electron chi connectivity index (χ0n) is 20.1. The molecule has 0 aliphatic carbocycles. The summed E-state index contributed by atoms with van der Waals surface area (Å²) >= 11 is 0. The Morgan fingerprint density at radius 2 is 1.79 bits per heavy atom. The Kier molecular flexibility index (Phi) is 9.67. The fraction of sp³-hybridized carbons (Fsp3) is 0.571. The molecule has 0 aromatic heterocycles. The SMILES string of the molecule is COc1cc(C)c(S(=O)(=O)N[C@@H](CCCNC(=N)NC(=O)OC(C)(C)C)C(=O)O)c(C)c1C. The average Bonchev–Trinajstić information content (AvgIpc) is 2.64. The molecule has 1 atom stereocenters. The molecule has 5 N–H and O–H groups in total. The second-order valence-electron chi connectivity index (χ2n) is 8.56. The van der Waals surface area contributed by atoms with E-state index in [4.69, 9.17) is 14.9 Å². The van der Waals surface area contributed by atoms with Crippen molar-refractivity contribution >= 4 is 28.0 Å². The van der Waals surface area contributed by atoms with E-state index in [2.05, 4.69) is 15.4 Å². The first kappa shape index (κ1) is 28.2. The summed E-state index contributed by atoms with van der Waals surface area (Å²) in [6.07, 6.45) is -0.608. The van der Waals surface area contributed by atoms with Crippen LogP contribution in [0.15, 0.2) is 11.0 Å². The first-order valence-electron chi connectivity index (χ1n) is 10.3.